The van der Waals surface area contributed by atoms with Crippen LogP contribution in [0.15, 0.2) is 39.3 Å². The van der Waals surface area contributed by atoms with E-state index in [1.54, 1.807) is 12.1 Å². The molecule has 3 unspecified atom stereocenters. The van der Waals surface area contributed by atoms with Crippen molar-refractivity contribution >= 4 is 52.2 Å². The van der Waals surface area contributed by atoms with Crippen LogP contribution in [-0.2, 0) is 14.7 Å². The predicted octanol–water partition coefficient (Wildman–Crippen LogP) is 4.10. The molecule has 0 bridgehead atoms. The minimum absolute atomic E-state index is 0.157. The van der Waals surface area contributed by atoms with E-state index in [1.807, 2.05) is 0 Å². The number of carbonyl (C=O) groups is 2. The number of amides is 1. The molecule has 154 valence electrons. The van der Waals surface area contributed by atoms with Gasteiger partial charge < -0.3 is 25.4 Å². The Labute approximate surface area is 184 Å². The maximum absolute atomic E-state index is 12.2. The second-order valence-corrected chi connectivity index (χ2v) is 9.14. The van der Waals surface area contributed by atoms with Crippen molar-refractivity contribution in [3.63, 3.8) is 0 Å². The van der Waals surface area contributed by atoms with Crippen LogP contribution in [0, 0.1) is 0 Å². The minimum atomic E-state index is -1.53. The molecule has 0 spiro atoms. The second kappa shape index (κ2) is 9.21. The highest BCUT2D eigenvalue weighted by Crippen LogP contribution is 2.42. The monoisotopic (exact) mass is 548 g/mol. The number of halogens is 2. The summed E-state index contributed by atoms with van der Waals surface area (Å²) in [6.07, 6.45) is 0. The quantitative estimate of drug-likeness (QED) is 0.382. The number of carboxylic acids is 1. The van der Waals surface area contributed by atoms with Gasteiger partial charge in [-0.05, 0) is 69.1 Å². The van der Waals surface area contributed by atoms with Crippen LogP contribution in [0.4, 0.5) is 0 Å². The van der Waals surface area contributed by atoms with Gasteiger partial charge in [-0.15, -0.1) is 0 Å². The lowest BCUT2D eigenvalue weighted by atomic mass is 10.1. The van der Waals surface area contributed by atoms with Crippen LogP contribution < -0.4 is 10.1 Å². The lowest BCUT2D eigenvalue weighted by molar-refractivity contribution is -0.138. The number of hydrogen-bond acceptors (Lipinski definition) is 6. The summed E-state index contributed by atoms with van der Waals surface area (Å²) in [5, 5.41) is 29.7. The number of nitrogens with one attached hydrogen (secondary N) is 1. The number of carboxylic acid groups (broad SMARTS) is 1. The van der Waals surface area contributed by atoms with Crippen molar-refractivity contribution in [2.45, 2.75) is 25.2 Å². The van der Waals surface area contributed by atoms with Crippen LogP contribution in [0.2, 0.25) is 0 Å². The minimum Gasteiger partial charge on any atom is -0.507 e. The predicted molar refractivity (Wildman–Crippen MR) is 113 cm³/mol. The third kappa shape index (κ3) is 5.54. The van der Waals surface area contributed by atoms with Gasteiger partial charge in [0.2, 0.25) is 0 Å². The number of rotatable bonds is 7. The number of hydrogen-bond donors (Lipinski definition) is 4. The molecular formula is C18H17Br2NO7P+. The van der Waals surface area contributed by atoms with E-state index >= 15 is 0 Å². The van der Waals surface area contributed by atoms with Crippen molar-refractivity contribution in [3.8, 4) is 17.2 Å². The normalized spacial score (nSPS) is 14.1. The zero-order valence-corrected chi connectivity index (χ0v) is 19.4. The fraction of sp³-hybridized carbons (Fsp3) is 0.222. The molecule has 2 aromatic carbocycles. The maximum Gasteiger partial charge on any atom is 0.364 e. The summed E-state index contributed by atoms with van der Waals surface area (Å²) in [4.78, 5) is 23.1. The topological polar surface area (TPSA) is 133 Å². The van der Waals surface area contributed by atoms with Gasteiger partial charge in [0.05, 0.1) is 14.5 Å². The van der Waals surface area contributed by atoms with Gasteiger partial charge in [-0.2, -0.15) is 0 Å². The van der Waals surface area contributed by atoms with Gasteiger partial charge in [0.25, 0.3) is 11.2 Å². The number of phenolic OH excluding ortho intramolecular Hbond substituents is 1. The summed E-state index contributed by atoms with van der Waals surface area (Å²) in [5.74, 6) is -1.82. The van der Waals surface area contributed by atoms with Crippen molar-refractivity contribution < 1.29 is 34.2 Å². The van der Waals surface area contributed by atoms with Crippen molar-refractivity contribution in [1.82, 2.24) is 5.32 Å². The van der Waals surface area contributed by atoms with Crippen molar-refractivity contribution in [2.24, 2.45) is 0 Å². The molecule has 2 rings (SSSR count). The SMILES string of the molecule is CC(NC(=O)c1cc(Oc2c(Br)cc(C(C)(O)[PH+]=O)cc2Br)ccc1O)C(=O)O. The number of aromatic hydroxyl groups is 1. The van der Waals surface area contributed by atoms with Gasteiger partial charge in [0, 0.05) is 12.5 Å². The first-order chi connectivity index (χ1) is 13.5. The average Bonchev–Trinajstić information content (AvgIpc) is 2.65. The molecule has 4 N–H and O–H groups in total. The molecule has 0 saturated carbocycles. The Bertz CT molecular complexity index is 958. The summed E-state index contributed by atoms with van der Waals surface area (Å²) in [5.41, 5.74) is 0.236. The Hall–Kier alpha value is -2.00. The van der Waals surface area contributed by atoms with Crippen molar-refractivity contribution in [2.75, 3.05) is 0 Å². The molecular weight excluding hydrogens is 533 g/mol. The molecule has 0 aliphatic carbocycles. The van der Waals surface area contributed by atoms with E-state index in [9.17, 15) is 24.4 Å². The van der Waals surface area contributed by atoms with E-state index in [1.165, 1.54) is 32.0 Å². The first kappa shape index (κ1) is 23.3. The maximum atomic E-state index is 12.2. The number of benzene rings is 2. The van der Waals surface area contributed by atoms with E-state index < -0.39 is 31.7 Å². The Kier molecular flexibility index (Phi) is 7.40. The molecule has 0 fully saturated rings. The number of aliphatic hydroxyl groups is 1. The molecule has 8 nitrogen and oxygen atoms in total. The zero-order chi connectivity index (χ0) is 21.9. The van der Waals surface area contributed by atoms with Crippen LogP contribution in [0.3, 0.4) is 0 Å². The summed E-state index contributed by atoms with van der Waals surface area (Å²) in [6, 6.07) is 5.89. The molecule has 11 heteroatoms. The Morgan fingerprint density at radius 3 is 2.31 bits per heavy atom. The molecule has 29 heavy (non-hydrogen) atoms. The number of ether oxygens (including phenoxy) is 1. The zero-order valence-electron chi connectivity index (χ0n) is 15.2. The summed E-state index contributed by atoms with van der Waals surface area (Å²) >= 11 is 6.66. The van der Waals surface area contributed by atoms with Gasteiger partial charge in [-0.25, -0.2) is 0 Å². The smallest absolute Gasteiger partial charge is 0.364 e. The third-order valence-electron chi connectivity index (χ3n) is 3.91. The molecule has 2 aromatic rings. The molecule has 0 saturated heterocycles. The Morgan fingerprint density at radius 1 is 1.21 bits per heavy atom. The molecule has 1 amide bonds. The van der Waals surface area contributed by atoms with Crippen LogP contribution in [0.1, 0.15) is 29.8 Å². The van der Waals surface area contributed by atoms with E-state index in [-0.39, 0.29) is 17.1 Å². The van der Waals surface area contributed by atoms with Gasteiger partial charge in [0.15, 0.2) is 5.75 Å². The first-order valence-corrected chi connectivity index (χ1v) is 10.6. The standard InChI is InChI=1S/C18H16Br2NO7P/c1-8(17(24)25)21-16(23)11-7-10(3-4-14(11)22)28-15-12(19)5-9(6-13(15)20)18(2,26)29-27/h3-8,22,26H,1-2H3,(H,21,23)(H,24,25)/p+1. The Balaban J connectivity index is 2.35. The number of aliphatic carboxylic acids is 1. The lowest BCUT2D eigenvalue weighted by Gasteiger charge is -2.16. The fourth-order valence-electron chi connectivity index (χ4n) is 2.21. The van der Waals surface area contributed by atoms with Gasteiger partial charge >= 0.3 is 14.4 Å². The fourth-order valence-corrected chi connectivity index (χ4v) is 3.82. The van der Waals surface area contributed by atoms with Crippen LogP contribution in [0.25, 0.3) is 0 Å². The van der Waals surface area contributed by atoms with E-state index in [0.29, 0.717) is 20.3 Å². The summed E-state index contributed by atoms with van der Waals surface area (Å²) in [7, 11) is -0.977. The van der Waals surface area contributed by atoms with E-state index in [4.69, 9.17) is 9.84 Å². The third-order valence-corrected chi connectivity index (χ3v) is 5.77. The van der Waals surface area contributed by atoms with Gasteiger partial charge in [-0.1, -0.05) is 4.57 Å². The van der Waals surface area contributed by atoms with E-state index in [0.717, 1.165) is 0 Å². The highest BCUT2D eigenvalue weighted by Gasteiger charge is 2.33. The van der Waals surface area contributed by atoms with E-state index in [2.05, 4.69) is 37.2 Å². The summed E-state index contributed by atoms with van der Waals surface area (Å²) < 4.78 is 17.9. The largest absolute Gasteiger partial charge is 0.507 e. The molecule has 0 heterocycles. The number of phenols is 1. The Morgan fingerprint density at radius 2 is 1.79 bits per heavy atom. The molecule has 0 aliphatic heterocycles. The highest BCUT2D eigenvalue weighted by molar-refractivity contribution is 9.11. The second-order valence-electron chi connectivity index (χ2n) is 6.26. The number of carbonyl (C=O) groups excluding carboxylic acids is 1. The molecule has 0 aromatic heterocycles. The van der Waals surface area contributed by atoms with Crippen molar-refractivity contribution in [3.05, 3.63) is 50.4 Å². The lowest BCUT2D eigenvalue weighted by Crippen LogP contribution is -2.38. The van der Waals surface area contributed by atoms with Crippen molar-refractivity contribution in [1.29, 1.82) is 0 Å². The van der Waals surface area contributed by atoms with Crippen LogP contribution in [-0.4, -0.2) is 33.2 Å². The molecule has 3 atom stereocenters. The first-order valence-electron chi connectivity index (χ1n) is 8.12. The highest BCUT2D eigenvalue weighted by atomic mass is 79.9. The van der Waals surface area contributed by atoms with Gasteiger partial charge in [-0.3, -0.25) is 9.59 Å². The average molecular weight is 550 g/mol. The van der Waals surface area contributed by atoms with Gasteiger partial charge in [0.1, 0.15) is 17.5 Å². The molecule has 0 radical (unpaired) electrons. The van der Waals surface area contributed by atoms with Crippen LogP contribution >= 0.6 is 40.3 Å². The molecule has 0 aliphatic rings. The summed E-state index contributed by atoms with van der Waals surface area (Å²) in [6.45, 7) is 2.71. The van der Waals surface area contributed by atoms with Crippen LogP contribution in [0.5, 0.6) is 17.2 Å².